The molecule has 21 heavy (non-hydrogen) atoms. The van der Waals surface area contributed by atoms with Gasteiger partial charge in [0.15, 0.2) is 10.8 Å². The van der Waals surface area contributed by atoms with Gasteiger partial charge in [0.1, 0.15) is 0 Å². The number of ether oxygens (including phenoxy) is 1. The lowest BCUT2D eigenvalue weighted by Gasteiger charge is -2.12. The summed E-state index contributed by atoms with van der Waals surface area (Å²) >= 11 is 18.3. The summed E-state index contributed by atoms with van der Waals surface area (Å²) in [4.78, 5) is 8.58. The highest BCUT2D eigenvalue weighted by atomic mass is 35.5. The molecule has 2 rings (SSSR count). The average molecular weight is 345 g/mol. The topological polar surface area (TPSA) is 58.9 Å². The lowest BCUT2D eigenvalue weighted by Crippen LogP contribution is -2.11. The van der Waals surface area contributed by atoms with Crippen LogP contribution in [-0.2, 0) is 4.74 Å². The second-order valence-corrected chi connectivity index (χ2v) is 5.30. The number of halogens is 3. The first-order valence-corrected chi connectivity index (χ1v) is 7.29. The molecule has 0 amide bonds. The number of benzene rings is 1. The lowest BCUT2D eigenvalue weighted by atomic mass is 10.1. The number of nitrogens with zero attached hydrogens (tertiary/aromatic N) is 2. The summed E-state index contributed by atoms with van der Waals surface area (Å²) in [5, 5.41) is 8.75. The van der Waals surface area contributed by atoms with E-state index in [9.17, 15) is 0 Å². The number of aryl methyl sites for hydroxylation is 1. The molecule has 0 aliphatic heterocycles. The van der Waals surface area contributed by atoms with Gasteiger partial charge in [-0.15, -0.1) is 0 Å². The average Bonchev–Trinajstić information content (AvgIpc) is 2.43. The standard InChI is InChI=1S/C14H12Cl3N3O/c1-3-21-14(18)12-13(17)19-7(2)11(20-12)8-5-4-6-9(15)10(8)16/h4-6,18H,3H2,1-2H3. The van der Waals surface area contributed by atoms with Crippen molar-refractivity contribution in [3.8, 4) is 11.3 Å². The summed E-state index contributed by atoms with van der Waals surface area (Å²) in [5.41, 5.74) is 1.93. The Morgan fingerprint density at radius 2 is 1.95 bits per heavy atom. The van der Waals surface area contributed by atoms with Gasteiger partial charge in [0.2, 0.25) is 5.90 Å². The van der Waals surface area contributed by atoms with E-state index < -0.39 is 0 Å². The van der Waals surface area contributed by atoms with Crippen LogP contribution in [0.2, 0.25) is 15.2 Å². The van der Waals surface area contributed by atoms with Gasteiger partial charge in [-0.2, -0.15) is 0 Å². The third-order valence-electron chi connectivity index (χ3n) is 2.74. The van der Waals surface area contributed by atoms with Crippen molar-refractivity contribution < 1.29 is 4.74 Å². The molecule has 110 valence electrons. The van der Waals surface area contributed by atoms with Crippen molar-refractivity contribution in [1.82, 2.24) is 9.97 Å². The van der Waals surface area contributed by atoms with Crippen molar-refractivity contribution in [2.24, 2.45) is 0 Å². The molecule has 0 radical (unpaired) electrons. The summed E-state index contributed by atoms with van der Waals surface area (Å²) in [6, 6.07) is 5.25. The summed E-state index contributed by atoms with van der Waals surface area (Å²) in [6.45, 7) is 3.89. The van der Waals surface area contributed by atoms with E-state index in [1.807, 2.05) is 0 Å². The van der Waals surface area contributed by atoms with E-state index in [0.29, 0.717) is 33.6 Å². The molecule has 1 aromatic carbocycles. The largest absolute Gasteiger partial charge is 0.477 e. The highest BCUT2D eigenvalue weighted by molar-refractivity contribution is 6.43. The first-order chi connectivity index (χ1) is 9.95. The molecule has 0 spiro atoms. The third kappa shape index (κ3) is 3.28. The fraction of sp³-hybridized carbons (Fsp3) is 0.214. The predicted octanol–water partition coefficient (Wildman–Crippen LogP) is 4.77. The van der Waals surface area contributed by atoms with Crippen molar-refractivity contribution in [3.05, 3.63) is 44.8 Å². The smallest absolute Gasteiger partial charge is 0.235 e. The second kappa shape index (κ2) is 6.60. The summed E-state index contributed by atoms with van der Waals surface area (Å²) in [7, 11) is 0. The Labute approximate surface area is 137 Å². The highest BCUT2D eigenvalue weighted by Crippen LogP contribution is 2.34. The third-order valence-corrected chi connectivity index (χ3v) is 3.82. The van der Waals surface area contributed by atoms with E-state index >= 15 is 0 Å². The Bertz CT molecular complexity index is 704. The summed E-state index contributed by atoms with van der Waals surface area (Å²) < 4.78 is 5.13. The van der Waals surface area contributed by atoms with Crippen LogP contribution in [0.5, 0.6) is 0 Å². The van der Waals surface area contributed by atoms with Crippen LogP contribution in [0.4, 0.5) is 0 Å². The van der Waals surface area contributed by atoms with Gasteiger partial charge in [0.05, 0.1) is 28.0 Å². The first-order valence-electron chi connectivity index (χ1n) is 6.16. The van der Waals surface area contributed by atoms with Crippen LogP contribution in [0.3, 0.4) is 0 Å². The van der Waals surface area contributed by atoms with Gasteiger partial charge in [0.25, 0.3) is 0 Å². The normalized spacial score (nSPS) is 10.5. The van der Waals surface area contributed by atoms with Crippen LogP contribution >= 0.6 is 34.8 Å². The van der Waals surface area contributed by atoms with Crippen LogP contribution in [0.1, 0.15) is 18.3 Å². The molecule has 0 unspecified atom stereocenters. The van der Waals surface area contributed by atoms with Crippen molar-refractivity contribution in [2.45, 2.75) is 13.8 Å². The van der Waals surface area contributed by atoms with Crippen LogP contribution in [0.15, 0.2) is 18.2 Å². The Kier molecular flexibility index (Phi) is 5.04. The Morgan fingerprint density at radius 3 is 2.62 bits per heavy atom. The number of nitrogens with one attached hydrogen (secondary N) is 1. The van der Waals surface area contributed by atoms with Gasteiger partial charge < -0.3 is 4.74 Å². The zero-order valence-electron chi connectivity index (χ0n) is 11.4. The minimum Gasteiger partial charge on any atom is -0.477 e. The van der Waals surface area contributed by atoms with Gasteiger partial charge in [-0.1, -0.05) is 46.9 Å². The fourth-order valence-corrected chi connectivity index (χ4v) is 2.44. The maximum absolute atomic E-state index is 7.83. The van der Waals surface area contributed by atoms with Crippen LogP contribution in [0.25, 0.3) is 11.3 Å². The number of hydrogen-bond donors (Lipinski definition) is 1. The van der Waals surface area contributed by atoms with E-state index in [0.717, 1.165) is 0 Å². The van der Waals surface area contributed by atoms with E-state index in [1.54, 1.807) is 32.0 Å². The van der Waals surface area contributed by atoms with E-state index in [1.165, 1.54) is 0 Å². The van der Waals surface area contributed by atoms with Crippen molar-refractivity contribution in [1.29, 1.82) is 5.41 Å². The Morgan fingerprint density at radius 1 is 1.24 bits per heavy atom. The predicted molar refractivity (Wildman–Crippen MR) is 85.7 cm³/mol. The van der Waals surface area contributed by atoms with Crippen molar-refractivity contribution in [3.63, 3.8) is 0 Å². The quantitative estimate of drug-likeness (QED) is 0.644. The zero-order valence-corrected chi connectivity index (χ0v) is 13.6. The molecule has 7 heteroatoms. The van der Waals surface area contributed by atoms with Gasteiger partial charge in [-0.05, 0) is 19.9 Å². The van der Waals surface area contributed by atoms with Crippen molar-refractivity contribution >= 4 is 40.7 Å². The summed E-state index contributed by atoms with van der Waals surface area (Å²) in [5.74, 6) is -0.130. The minimum atomic E-state index is -0.130. The lowest BCUT2D eigenvalue weighted by molar-refractivity contribution is 0.324. The first kappa shape index (κ1) is 16.0. The molecule has 0 fully saturated rings. The number of rotatable bonds is 3. The van der Waals surface area contributed by atoms with Crippen LogP contribution < -0.4 is 0 Å². The Balaban J connectivity index is 2.61. The highest BCUT2D eigenvalue weighted by Gasteiger charge is 2.18. The molecule has 0 bridgehead atoms. The van der Waals surface area contributed by atoms with Crippen LogP contribution in [0, 0.1) is 12.3 Å². The van der Waals surface area contributed by atoms with Crippen LogP contribution in [-0.4, -0.2) is 22.5 Å². The molecule has 0 aliphatic rings. The van der Waals surface area contributed by atoms with Crippen molar-refractivity contribution in [2.75, 3.05) is 6.61 Å². The summed E-state index contributed by atoms with van der Waals surface area (Å²) in [6.07, 6.45) is 0. The molecule has 4 nitrogen and oxygen atoms in total. The molecule has 0 saturated heterocycles. The molecule has 1 heterocycles. The Hall–Kier alpha value is -1.36. The molecular formula is C14H12Cl3N3O. The zero-order chi connectivity index (χ0) is 15.6. The number of hydrogen-bond acceptors (Lipinski definition) is 4. The van der Waals surface area contributed by atoms with Gasteiger partial charge in [-0.3, -0.25) is 5.41 Å². The van der Waals surface area contributed by atoms with Gasteiger partial charge >= 0.3 is 0 Å². The second-order valence-electron chi connectivity index (χ2n) is 4.16. The molecule has 0 atom stereocenters. The molecule has 2 aromatic rings. The minimum absolute atomic E-state index is 0.118. The monoisotopic (exact) mass is 343 g/mol. The van der Waals surface area contributed by atoms with E-state index in [-0.39, 0.29) is 16.7 Å². The fourth-order valence-electron chi connectivity index (χ4n) is 1.79. The van der Waals surface area contributed by atoms with E-state index in [4.69, 9.17) is 44.9 Å². The maximum Gasteiger partial charge on any atom is 0.235 e. The van der Waals surface area contributed by atoms with Gasteiger partial charge in [0, 0.05) is 5.56 Å². The molecule has 0 aliphatic carbocycles. The van der Waals surface area contributed by atoms with Gasteiger partial charge in [-0.25, -0.2) is 9.97 Å². The number of aromatic nitrogens is 2. The molecule has 1 N–H and O–H groups in total. The van der Waals surface area contributed by atoms with E-state index in [2.05, 4.69) is 9.97 Å². The molecular weight excluding hydrogens is 333 g/mol. The SMILES string of the molecule is CCOC(=N)c1nc(-c2cccc(Cl)c2Cl)c(C)nc1Cl. The molecule has 1 aromatic heterocycles. The maximum atomic E-state index is 7.83. The molecule has 0 saturated carbocycles.